The van der Waals surface area contributed by atoms with E-state index in [4.69, 9.17) is 16.6 Å². The zero-order valence-electron chi connectivity index (χ0n) is 20.0. The van der Waals surface area contributed by atoms with Crippen molar-refractivity contribution in [1.29, 1.82) is 0 Å². The smallest absolute Gasteiger partial charge is 0.326 e. The predicted octanol–water partition coefficient (Wildman–Crippen LogP) is -1.31. The van der Waals surface area contributed by atoms with Crippen LogP contribution in [-0.2, 0) is 28.8 Å². The minimum Gasteiger partial charge on any atom is -0.481 e. The third-order valence-electron chi connectivity index (χ3n) is 4.70. The van der Waals surface area contributed by atoms with Crippen LogP contribution >= 0.6 is 0 Å². The molecule has 194 valence electrons. The van der Waals surface area contributed by atoms with Gasteiger partial charge in [-0.25, -0.2) is 4.79 Å². The van der Waals surface area contributed by atoms with Crippen molar-refractivity contribution in [3.63, 3.8) is 0 Å². The molecule has 0 bridgehead atoms. The van der Waals surface area contributed by atoms with E-state index in [2.05, 4.69) is 16.0 Å². The molecule has 13 nitrogen and oxygen atoms in total. The molecule has 0 aliphatic carbocycles. The molecule has 9 N–H and O–H groups in total. The summed E-state index contributed by atoms with van der Waals surface area (Å²) >= 11 is 0. The molecular weight excluding hydrogens is 450 g/mol. The summed E-state index contributed by atoms with van der Waals surface area (Å²) in [6.45, 7) is 7.21. The van der Waals surface area contributed by atoms with E-state index in [9.17, 15) is 33.9 Å². The van der Waals surface area contributed by atoms with Crippen molar-refractivity contribution >= 4 is 35.6 Å². The van der Waals surface area contributed by atoms with Crippen molar-refractivity contribution in [1.82, 2.24) is 16.0 Å². The van der Waals surface area contributed by atoms with E-state index in [1.807, 2.05) is 13.8 Å². The van der Waals surface area contributed by atoms with E-state index in [0.29, 0.717) is 0 Å². The molecule has 0 aliphatic heterocycles. The molecule has 0 aliphatic rings. The summed E-state index contributed by atoms with van der Waals surface area (Å²) in [5, 5.41) is 25.4. The van der Waals surface area contributed by atoms with Crippen molar-refractivity contribution in [2.45, 2.75) is 84.0 Å². The highest BCUT2D eigenvalue weighted by atomic mass is 16.4. The monoisotopic (exact) mass is 487 g/mol. The number of rotatable bonds is 16. The molecule has 4 unspecified atom stereocenters. The van der Waals surface area contributed by atoms with Crippen molar-refractivity contribution in [2.24, 2.45) is 23.3 Å². The molecule has 0 radical (unpaired) electrons. The zero-order chi connectivity index (χ0) is 26.6. The number of carbonyl (C=O) groups is 6. The second kappa shape index (κ2) is 14.8. The zero-order valence-corrected chi connectivity index (χ0v) is 20.0. The van der Waals surface area contributed by atoms with Gasteiger partial charge in [-0.1, -0.05) is 27.7 Å². The number of carboxylic acids is 2. The Morgan fingerprint density at radius 2 is 1.15 bits per heavy atom. The van der Waals surface area contributed by atoms with Crippen LogP contribution in [0.15, 0.2) is 0 Å². The number of hydrogen-bond donors (Lipinski definition) is 7. The van der Waals surface area contributed by atoms with Crippen molar-refractivity contribution < 1.29 is 39.0 Å². The fourth-order valence-corrected chi connectivity index (χ4v) is 3.06. The van der Waals surface area contributed by atoms with Gasteiger partial charge in [0.2, 0.25) is 23.6 Å². The molecule has 0 saturated heterocycles. The maximum atomic E-state index is 13.0. The molecule has 0 saturated carbocycles. The number of primary amides is 1. The predicted molar refractivity (Wildman–Crippen MR) is 121 cm³/mol. The summed E-state index contributed by atoms with van der Waals surface area (Å²) in [5.74, 6) is -5.74. The number of hydrogen-bond acceptors (Lipinski definition) is 7. The summed E-state index contributed by atoms with van der Waals surface area (Å²) in [6.07, 6.45) is -0.845. The fourth-order valence-electron chi connectivity index (χ4n) is 3.06. The molecule has 0 aromatic carbocycles. The third-order valence-corrected chi connectivity index (χ3v) is 4.70. The molecule has 0 rings (SSSR count). The van der Waals surface area contributed by atoms with Gasteiger partial charge in [0.25, 0.3) is 0 Å². The van der Waals surface area contributed by atoms with Gasteiger partial charge >= 0.3 is 11.9 Å². The molecule has 0 aromatic rings. The van der Waals surface area contributed by atoms with Crippen LogP contribution in [0.25, 0.3) is 0 Å². The molecular formula is C21H37N5O8. The highest BCUT2D eigenvalue weighted by Crippen LogP contribution is 2.10. The lowest BCUT2D eigenvalue weighted by Gasteiger charge is -2.26. The highest BCUT2D eigenvalue weighted by molar-refractivity contribution is 5.95. The highest BCUT2D eigenvalue weighted by Gasteiger charge is 2.31. The van der Waals surface area contributed by atoms with E-state index in [1.165, 1.54) is 0 Å². The Morgan fingerprint density at radius 3 is 1.50 bits per heavy atom. The van der Waals surface area contributed by atoms with E-state index >= 15 is 0 Å². The van der Waals surface area contributed by atoms with Crippen LogP contribution in [0.3, 0.4) is 0 Å². The topological polar surface area (TPSA) is 231 Å². The average molecular weight is 488 g/mol. The molecule has 0 fully saturated rings. The molecule has 13 heteroatoms. The first-order valence-electron chi connectivity index (χ1n) is 11.0. The Balaban J connectivity index is 5.52. The Labute approximate surface area is 198 Å². The number of carboxylic acid groups (broad SMARTS) is 2. The largest absolute Gasteiger partial charge is 0.481 e. The van der Waals surface area contributed by atoms with Crippen LogP contribution in [0.4, 0.5) is 0 Å². The number of aliphatic carboxylic acids is 2. The lowest BCUT2D eigenvalue weighted by Crippen LogP contribution is -2.57. The van der Waals surface area contributed by atoms with Crippen molar-refractivity contribution in [2.75, 3.05) is 0 Å². The second-order valence-electron chi connectivity index (χ2n) is 8.99. The summed E-state index contributed by atoms with van der Waals surface area (Å²) in [4.78, 5) is 71.2. The van der Waals surface area contributed by atoms with Crippen molar-refractivity contribution in [3.8, 4) is 0 Å². The first-order valence-corrected chi connectivity index (χ1v) is 11.0. The molecule has 0 spiro atoms. The summed E-state index contributed by atoms with van der Waals surface area (Å²) < 4.78 is 0. The van der Waals surface area contributed by atoms with Gasteiger partial charge in [0, 0.05) is 6.42 Å². The van der Waals surface area contributed by atoms with Crippen LogP contribution in [0.1, 0.15) is 59.8 Å². The maximum Gasteiger partial charge on any atom is 0.326 e. The van der Waals surface area contributed by atoms with Gasteiger partial charge in [0.1, 0.15) is 18.1 Å². The van der Waals surface area contributed by atoms with Gasteiger partial charge in [-0.15, -0.1) is 0 Å². The van der Waals surface area contributed by atoms with Crippen LogP contribution < -0.4 is 27.4 Å². The lowest BCUT2D eigenvalue weighted by atomic mass is 9.99. The second-order valence-corrected chi connectivity index (χ2v) is 8.99. The number of nitrogens with one attached hydrogen (secondary N) is 3. The fraction of sp³-hybridized carbons (Fsp3) is 0.714. The summed E-state index contributed by atoms with van der Waals surface area (Å²) in [6, 6.07) is -4.91. The SMILES string of the molecule is CC(C)CC(NC(=O)C(N)CC(N)=O)C(=O)NC(CC(C)C)C(=O)NC(CCC(=O)O)C(=O)O. The normalized spacial score (nSPS) is 14.6. The minimum absolute atomic E-state index is 0.0341. The average Bonchev–Trinajstić information content (AvgIpc) is 2.68. The Morgan fingerprint density at radius 1 is 0.735 bits per heavy atom. The van der Waals surface area contributed by atoms with E-state index < -0.39 is 72.6 Å². The number of carbonyl (C=O) groups excluding carboxylic acids is 4. The Hall–Kier alpha value is -3.22. The lowest BCUT2D eigenvalue weighted by molar-refractivity contribution is -0.143. The number of amides is 4. The van der Waals surface area contributed by atoms with Crippen LogP contribution in [0.5, 0.6) is 0 Å². The van der Waals surface area contributed by atoms with Crippen LogP contribution in [0.2, 0.25) is 0 Å². The molecule has 0 heterocycles. The van der Waals surface area contributed by atoms with E-state index in [-0.39, 0.29) is 31.1 Å². The van der Waals surface area contributed by atoms with Crippen LogP contribution in [-0.4, -0.2) is 69.9 Å². The quantitative estimate of drug-likeness (QED) is 0.137. The minimum atomic E-state index is -1.45. The first kappa shape index (κ1) is 30.8. The van der Waals surface area contributed by atoms with Crippen LogP contribution in [0, 0.1) is 11.8 Å². The molecule has 34 heavy (non-hydrogen) atoms. The van der Waals surface area contributed by atoms with E-state index in [1.54, 1.807) is 13.8 Å². The maximum absolute atomic E-state index is 13.0. The summed E-state index contributed by atoms with van der Waals surface area (Å²) in [5.41, 5.74) is 10.7. The van der Waals surface area contributed by atoms with Gasteiger partial charge < -0.3 is 37.6 Å². The van der Waals surface area contributed by atoms with Gasteiger partial charge in [-0.3, -0.25) is 24.0 Å². The van der Waals surface area contributed by atoms with Gasteiger partial charge in [-0.05, 0) is 31.1 Å². The standard InChI is InChI=1S/C21H37N5O8/c1-10(2)7-14(25-18(30)12(22)9-16(23)27)20(32)26-15(8-11(3)4)19(31)24-13(21(33)34)5-6-17(28)29/h10-15H,5-9,22H2,1-4H3,(H2,23,27)(H,24,31)(H,25,30)(H,26,32)(H,28,29)(H,33,34). The van der Waals surface area contributed by atoms with E-state index in [0.717, 1.165) is 0 Å². The van der Waals surface area contributed by atoms with Gasteiger partial charge in [0.05, 0.1) is 12.5 Å². The van der Waals surface area contributed by atoms with Gasteiger partial charge in [-0.2, -0.15) is 0 Å². The molecule has 4 amide bonds. The van der Waals surface area contributed by atoms with Crippen molar-refractivity contribution in [3.05, 3.63) is 0 Å². The third kappa shape index (κ3) is 12.7. The number of nitrogens with two attached hydrogens (primary N) is 2. The Bertz CT molecular complexity index is 755. The first-order chi connectivity index (χ1) is 15.6. The Kier molecular flexibility index (Phi) is 13.4. The molecule has 4 atom stereocenters. The van der Waals surface area contributed by atoms with Gasteiger partial charge in [0.15, 0.2) is 0 Å². The molecule has 0 aromatic heterocycles. The summed E-state index contributed by atoms with van der Waals surface area (Å²) in [7, 11) is 0.